The van der Waals surface area contributed by atoms with Gasteiger partial charge in [-0.1, -0.05) is 18.2 Å². The van der Waals surface area contributed by atoms with Crippen LogP contribution in [0.2, 0.25) is 0 Å². The maximum absolute atomic E-state index is 13.0. The fraction of sp³-hybridized carbons (Fsp3) is 0.381. The summed E-state index contributed by atoms with van der Waals surface area (Å²) in [5, 5.41) is 2.87. The van der Waals surface area contributed by atoms with Gasteiger partial charge in [-0.25, -0.2) is 8.42 Å². The van der Waals surface area contributed by atoms with Crippen molar-refractivity contribution in [3.05, 3.63) is 59.2 Å². The van der Waals surface area contributed by atoms with E-state index in [1.54, 1.807) is 19.1 Å². The number of morpholine rings is 1. The lowest BCUT2D eigenvalue weighted by molar-refractivity contribution is 0.0730. The molecule has 2 aromatic rings. The van der Waals surface area contributed by atoms with E-state index in [0.717, 1.165) is 11.3 Å². The number of hydrogen-bond donors (Lipinski definition) is 1. The summed E-state index contributed by atoms with van der Waals surface area (Å²) in [4.78, 5) is 14.8. The zero-order valence-corrected chi connectivity index (χ0v) is 17.8. The van der Waals surface area contributed by atoms with Crippen LogP contribution in [0.15, 0.2) is 47.4 Å². The molecule has 0 aliphatic carbocycles. The van der Waals surface area contributed by atoms with Crippen molar-refractivity contribution < 1.29 is 17.9 Å². The number of nitrogens with one attached hydrogen (secondary N) is 1. The number of aryl methyl sites for hydroxylation is 1. The van der Waals surface area contributed by atoms with Crippen LogP contribution in [0.3, 0.4) is 0 Å². The van der Waals surface area contributed by atoms with E-state index in [9.17, 15) is 13.2 Å². The first-order valence-electron chi connectivity index (χ1n) is 9.52. The van der Waals surface area contributed by atoms with Crippen LogP contribution in [0, 0.1) is 6.92 Å². The molecular formula is C21H27N3O4S. The summed E-state index contributed by atoms with van der Waals surface area (Å²) < 4.78 is 32.7. The third-order valence-electron chi connectivity index (χ3n) is 4.92. The summed E-state index contributed by atoms with van der Waals surface area (Å²) in [6.07, 6.45) is 0. The van der Waals surface area contributed by atoms with Gasteiger partial charge in [-0.3, -0.25) is 4.79 Å². The molecule has 2 aromatic carbocycles. The average Bonchev–Trinajstić information content (AvgIpc) is 2.73. The molecule has 1 heterocycles. The molecule has 0 unspecified atom stereocenters. The van der Waals surface area contributed by atoms with Gasteiger partial charge in [0.15, 0.2) is 0 Å². The number of amides is 1. The molecule has 1 aliphatic rings. The smallest absolute Gasteiger partial charge is 0.251 e. The van der Waals surface area contributed by atoms with E-state index < -0.39 is 10.0 Å². The van der Waals surface area contributed by atoms with E-state index in [0.29, 0.717) is 44.0 Å². The fourth-order valence-electron chi connectivity index (χ4n) is 3.17. The Kier molecular flexibility index (Phi) is 6.56. The van der Waals surface area contributed by atoms with Gasteiger partial charge in [0.25, 0.3) is 5.91 Å². The number of hydrogen-bond acceptors (Lipinski definition) is 5. The molecule has 29 heavy (non-hydrogen) atoms. The minimum absolute atomic E-state index is 0.168. The molecule has 8 heteroatoms. The molecule has 3 rings (SSSR count). The molecular weight excluding hydrogens is 390 g/mol. The first-order valence-corrected chi connectivity index (χ1v) is 11.0. The van der Waals surface area contributed by atoms with Gasteiger partial charge >= 0.3 is 0 Å². The third kappa shape index (κ3) is 4.95. The van der Waals surface area contributed by atoms with Crippen molar-refractivity contribution in [1.29, 1.82) is 0 Å². The van der Waals surface area contributed by atoms with Crippen LogP contribution >= 0.6 is 0 Å². The van der Waals surface area contributed by atoms with Crippen molar-refractivity contribution in [2.45, 2.75) is 18.4 Å². The summed E-state index contributed by atoms with van der Waals surface area (Å²) in [5.41, 5.74) is 2.96. The molecule has 1 amide bonds. The Labute approximate surface area is 172 Å². The highest BCUT2D eigenvalue weighted by molar-refractivity contribution is 7.89. The molecule has 0 bridgehead atoms. The second-order valence-corrected chi connectivity index (χ2v) is 9.15. The molecule has 1 aliphatic heterocycles. The van der Waals surface area contributed by atoms with E-state index in [4.69, 9.17) is 4.74 Å². The lowest BCUT2D eigenvalue weighted by atomic mass is 10.1. The molecule has 0 saturated carbocycles. The van der Waals surface area contributed by atoms with E-state index >= 15 is 0 Å². The summed E-state index contributed by atoms with van der Waals surface area (Å²) in [6.45, 7) is 3.50. The topological polar surface area (TPSA) is 79.0 Å². The molecule has 0 radical (unpaired) electrons. The minimum Gasteiger partial charge on any atom is -0.379 e. The number of carbonyl (C=O) groups is 1. The van der Waals surface area contributed by atoms with Crippen molar-refractivity contribution >= 4 is 21.6 Å². The zero-order valence-electron chi connectivity index (χ0n) is 17.0. The summed E-state index contributed by atoms with van der Waals surface area (Å²) in [7, 11) is 0.254. The van der Waals surface area contributed by atoms with Gasteiger partial charge in [0, 0.05) is 45.0 Å². The van der Waals surface area contributed by atoms with Gasteiger partial charge in [-0.05, 0) is 42.3 Å². The Balaban J connectivity index is 1.76. The first kappa shape index (κ1) is 21.3. The second-order valence-electron chi connectivity index (χ2n) is 7.24. The highest BCUT2D eigenvalue weighted by atomic mass is 32.2. The maximum Gasteiger partial charge on any atom is 0.251 e. The molecule has 0 spiro atoms. The first-order chi connectivity index (χ1) is 13.8. The average molecular weight is 418 g/mol. The summed E-state index contributed by atoms with van der Waals surface area (Å²) in [5.74, 6) is -0.307. The van der Waals surface area contributed by atoms with Gasteiger partial charge in [-0.15, -0.1) is 0 Å². The largest absolute Gasteiger partial charge is 0.379 e. The van der Waals surface area contributed by atoms with Crippen LogP contribution in [-0.4, -0.2) is 59.0 Å². The van der Waals surface area contributed by atoms with Crippen LogP contribution < -0.4 is 10.2 Å². The van der Waals surface area contributed by atoms with Crippen LogP contribution in [0.4, 0.5) is 5.69 Å². The van der Waals surface area contributed by atoms with Gasteiger partial charge in [-0.2, -0.15) is 4.31 Å². The molecule has 156 valence electrons. The third-order valence-corrected chi connectivity index (χ3v) is 6.96. The van der Waals surface area contributed by atoms with Crippen molar-refractivity contribution in [1.82, 2.24) is 9.62 Å². The normalized spacial score (nSPS) is 15.1. The summed E-state index contributed by atoms with van der Waals surface area (Å²) >= 11 is 0. The second kappa shape index (κ2) is 8.94. The quantitative estimate of drug-likeness (QED) is 0.778. The van der Waals surface area contributed by atoms with Crippen molar-refractivity contribution in [3.63, 3.8) is 0 Å². The molecule has 0 atom stereocenters. The van der Waals surface area contributed by atoms with Crippen molar-refractivity contribution in [2.24, 2.45) is 0 Å². The Morgan fingerprint density at radius 1 is 1.14 bits per heavy atom. The number of rotatable bonds is 6. The zero-order chi connectivity index (χ0) is 21.0. The molecule has 0 aromatic heterocycles. The number of ether oxygens (including phenoxy) is 1. The predicted octanol–water partition coefficient (Wildman–Crippen LogP) is 2.01. The summed E-state index contributed by atoms with van der Waals surface area (Å²) in [6, 6.07) is 12.7. The van der Waals surface area contributed by atoms with Crippen LogP contribution in [-0.2, 0) is 21.3 Å². The molecule has 1 saturated heterocycles. The predicted molar refractivity (Wildman–Crippen MR) is 113 cm³/mol. The van der Waals surface area contributed by atoms with Gasteiger partial charge in [0.2, 0.25) is 10.0 Å². The molecule has 7 nitrogen and oxygen atoms in total. The van der Waals surface area contributed by atoms with E-state index in [-0.39, 0.29) is 10.8 Å². The van der Waals surface area contributed by atoms with Gasteiger partial charge < -0.3 is 15.0 Å². The minimum atomic E-state index is -3.66. The lowest BCUT2D eigenvalue weighted by Gasteiger charge is -2.26. The Morgan fingerprint density at radius 2 is 1.86 bits per heavy atom. The van der Waals surface area contributed by atoms with Crippen molar-refractivity contribution in [3.8, 4) is 0 Å². The highest BCUT2D eigenvalue weighted by Gasteiger charge is 2.28. The monoisotopic (exact) mass is 417 g/mol. The number of nitrogens with zero attached hydrogens (tertiary/aromatic N) is 2. The van der Waals surface area contributed by atoms with Crippen LogP contribution in [0.5, 0.6) is 0 Å². The Bertz CT molecular complexity index is 983. The fourth-order valence-corrected chi connectivity index (χ4v) is 4.83. The van der Waals surface area contributed by atoms with Crippen LogP contribution in [0.1, 0.15) is 21.5 Å². The highest BCUT2D eigenvalue weighted by Crippen LogP contribution is 2.22. The lowest BCUT2D eigenvalue weighted by Crippen LogP contribution is -2.41. The Hall–Kier alpha value is -2.42. The van der Waals surface area contributed by atoms with Crippen LogP contribution in [0.25, 0.3) is 0 Å². The number of sulfonamides is 1. The maximum atomic E-state index is 13.0. The standard InChI is InChI=1S/C21H27N3O4S/c1-16-7-8-18(14-20(16)29(26,27)24-9-11-28-12-10-24)21(25)22-15-17-5-4-6-19(13-17)23(2)3/h4-8,13-14H,9-12,15H2,1-3H3,(H,22,25). The molecule has 1 N–H and O–H groups in total. The van der Waals surface area contributed by atoms with E-state index in [1.807, 2.05) is 43.3 Å². The van der Waals surface area contributed by atoms with Gasteiger partial charge in [0.1, 0.15) is 0 Å². The number of anilines is 1. The molecule has 1 fully saturated rings. The number of carbonyl (C=O) groups excluding carboxylic acids is 1. The SMILES string of the molecule is Cc1ccc(C(=O)NCc2cccc(N(C)C)c2)cc1S(=O)(=O)N1CCOCC1. The Morgan fingerprint density at radius 3 is 2.55 bits per heavy atom. The van der Waals surface area contributed by atoms with Crippen molar-refractivity contribution in [2.75, 3.05) is 45.3 Å². The van der Waals surface area contributed by atoms with E-state index in [1.165, 1.54) is 10.4 Å². The number of benzene rings is 2. The van der Waals surface area contributed by atoms with Gasteiger partial charge in [0.05, 0.1) is 18.1 Å². The van der Waals surface area contributed by atoms with E-state index in [2.05, 4.69) is 5.32 Å².